The number of carbonyl (C=O) groups is 1. The second-order valence-corrected chi connectivity index (χ2v) is 6.25. The second kappa shape index (κ2) is 4.85. The van der Waals surface area contributed by atoms with Gasteiger partial charge >= 0.3 is 0 Å². The molecule has 4 heteroatoms. The smallest absolute Gasteiger partial charge is 0.196 e. The summed E-state index contributed by atoms with van der Waals surface area (Å²) in [6, 6.07) is 9.17. The Morgan fingerprint density at radius 1 is 1.24 bits per heavy atom. The van der Waals surface area contributed by atoms with E-state index >= 15 is 0 Å². The first-order valence-electron chi connectivity index (χ1n) is 6.67. The van der Waals surface area contributed by atoms with Crippen LogP contribution in [-0.4, -0.2) is 11.4 Å². The molecule has 0 fully saturated rings. The lowest BCUT2D eigenvalue weighted by Gasteiger charge is -2.16. The fourth-order valence-corrected chi connectivity index (χ4v) is 2.75. The van der Waals surface area contributed by atoms with Gasteiger partial charge in [-0.25, -0.2) is 4.39 Å². The summed E-state index contributed by atoms with van der Waals surface area (Å²) in [4.78, 5) is 12.4. The first-order chi connectivity index (χ1) is 9.85. The van der Waals surface area contributed by atoms with Gasteiger partial charge in [0.05, 0.1) is 5.56 Å². The zero-order chi connectivity index (χ0) is 15.2. The predicted octanol–water partition coefficient (Wildman–Crippen LogP) is 4.42. The van der Waals surface area contributed by atoms with Gasteiger partial charge in [0, 0.05) is 17.0 Å². The van der Waals surface area contributed by atoms with E-state index in [1.54, 1.807) is 18.2 Å². The summed E-state index contributed by atoms with van der Waals surface area (Å²) in [5, 5.41) is 0.338. The number of rotatable bonds is 2. The molecule has 2 aromatic rings. The molecule has 108 valence electrons. The van der Waals surface area contributed by atoms with Gasteiger partial charge < -0.3 is 4.74 Å². The Kier molecular flexibility index (Phi) is 3.25. The summed E-state index contributed by atoms with van der Waals surface area (Å²) in [6.07, 6.45) is 0.724. The van der Waals surface area contributed by atoms with E-state index in [0.29, 0.717) is 10.6 Å². The van der Waals surface area contributed by atoms with Gasteiger partial charge in [-0.3, -0.25) is 4.79 Å². The molecule has 1 aliphatic heterocycles. The molecule has 0 aromatic heterocycles. The maximum absolute atomic E-state index is 13.8. The summed E-state index contributed by atoms with van der Waals surface area (Å²) in [7, 11) is 0. The van der Waals surface area contributed by atoms with Crippen LogP contribution in [0.1, 0.15) is 35.3 Å². The highest BCUT2D eigenvalue weighted by molar-refractivity contribution is 6.31. The number of halogens is 2. The zero-order valence-corrected chi connectivity index (χ0v) is 12.5. The summed E-state index contributed by atoms with van der Waals surface area (Å²) in [6.45, 7) is 3.98. The Labute approximate surface area is 127 Å². The molecule has 0 unspecified atom stereocenters. The van der Waals surface area contributed by atoms with E-state index in [9.17, 15) is 9.18 Å². The van der Waals surface area contributed by atoms with Crippen molar-refractivity contribution in [2.45, 2.75) is 25.9 Å². The van der Waals surface area contributed by atoms with E-state index < -0.39 is 5.82 Å². The molecular formula is C17H14ClFO2. The van der Waals surface area contributed by atoms with E-state index in [1.807, 2.05) is 13.8 Å². The van der Waals surface area contributed by atoms with Crippen LogP contribution in [0.5, 0.6) is 5.75 Å². The van der Waals surface area contributed by atoms with Gasteiger partial charge in [-0.2, -0.15) is 0 Å². The van der Waals surface area contributed by atoms with Crippen LogP contribution >= 0.6 is 11.6 Å². The van der Waals surface area contributed by atoms with Crippen LogP contribution in [0.3, 0.4) is 0 Å². The summed E-state index contributed by atoms with van der Waals surface area (Å²) in [5.74, 6) is -0.160. The van der Waals surface area contributed by atoms with Crippen molar-refractivity contribution >= 4 is 17.4 Å². The molecule has 0 spiro atoms. The molecule has 0 saturated carbocycles. The number of ether oxygens (including phenoxy) is 1. The number of ketones is 1. The van der Waals surface area contributed by atoms with Crippen LogP contribution < -0.4 is 4.74 Å². The van der Waals surface area contributed by atoms with Crippen LogP contribution in [0.4, 0.5) is 4.39 Å². The third kappa shape index (κ3) is 2.66. The van der Waals surface area contributed by atoms with Crippen molar-refractivity contribution in [1.82, 2.24) is 0 Å². The zero-order valence-electron chi connectivity index (χ0n) is 11.7. The highest BCUT2D eigenvalue weighted by Crippen LogP contribution is 2.35. The van der Waals surface area contributed by atoms with Gasteiger partial charge in [-0.1, -0.05) is 11.6 Å². The monoisotopic (exact) mass is 304 g/mol. The largest absolute Gasteiger partial charge is 0.487 e. The first-order valence-corrected chi connectivity index (χ1v) is 7.05. The van der Waals surface area contributed by atoms with Crippen LogP contribution in [0, 0.1) is 5.82 Å². The lowest BCUT2D eigenvalue weighted by atomic mass is 9.97. The number of carbonyl (C=O) groups excluding carboxylic acids is 1. The Hall–Kier alpha value is -1.87. The third-order valence-electron chi connectivity index (χ3n) is 3.50. The predicted molar refractivity (Wildman–Crippen MR) is 79.7 cm³/mol. The molecule has 0 saturated heterocycles. The number of hydrogen-bond acceptors (Lipinski definition) is 2. The Bertz CT molecular complexity index is 738. The third-order valence-corrected chi connectivity index (χ3v) is 3.73. The highest BCUT2D eigenvalue weighted by Gasteiger charge is 2.30. The molecule has 0 atom stereocenters. The SMILES string of the molecule is CC1(C)Cc2cc(C(=O)c3cc(Cl)ccc3F)ccc2O1. The Balaban J connectivity index is 1.99. The molecule has 0 bridgehead atoms. The molecule has 0 amide bonds. The molecule has 1 aliphatic rings. The quantitative estimate of drug-likeness (QED) is 0.768. The Morgan fingerprint density at radius 3 is 2.76 bits per heavy atom. The van der Waals surface area contributed by atoms with Gasteiger partial charge in [0.2, 0.25) is 0 Å². The maximum Gasteiger partial charge on any atom is 0.196 e. The van der Waals surface area contributed by atoms with E-state index in [-0.39, 0.29) is 16.9 Å². The van der Waals surface area contributed by atoms with Crippen molar-refractivity contribution in [3.63, 3.8) is 0 Å². The van der Waals surface area contributed by atoms with Crippen LogP contribution in [0.25, 0.3) is 0 Å². The molecule has 2 aromatic carbocycles. The molecule has 3 rings (SSSR count). The number of benzene rings is 2. The molecule has 2 nitrogen and oxygen atoms in total. The molecule has 0 radical (unpaired) electrons. The van der Waals surface area contributed by atoms with Gasteiger partial charge in [0.25, 0.3) is 0 Å². The van der Waals surface area contributed by atoms with E-state index in [4.69, 9.17) is 16.3 Å². The summed E-state index contributed by atoms with van der Waals surface area (Å²) in [5.41, 5.74) is 1.12. The lowest BCUT2D eigenvalue weighted by Crippen LogP contribution is -2.24. The molecule has 21 heavy (non-hydrogen) atoms. The minimum Gasteiger partial charge on any atom is -0.487 e. The van der Waals surface area contributed by atoms with Crippen molar-refractivity contribution in [1.29, 1.82) is 0 Å². The van der Waals surface area contributed by atoms with E-state index in [1.165, 1.54) is 18.2 Å². The van der Waals surface area contributed by atoms with Crippen LogP contribution in [0.15, 0.2) is 36.4 Å². The van der Waals surface area contributed by atoms with Gasteiger partial charge in [-0.15, -0.1) is 0 Å². The molecule has 0 N–H and O–H groups in total. The van der Waals surface area contributed by atoms with Gasteiger partial charge in [0.1, 0.15) is 17.2 Å². The molecule has 0 aliphatic carbocycles. The highest BCUT2D eigenvalue weighted by atomic mass is 35.5. The van der Waals surface area contributed by atoms with Crippen molar-refractivity contribution in [2.24, 2.45) is 0 Å². The normalized spacial score (nSPS) is 15.4. The van der Waals surface area contributed by atoms with Crippen LogP contribution in [-0.2, 0) is 6.42 Å². The molecule has 1 heterocycles. The first kappa shape index (κ1) is 14.1. The van der Waals surface area contributed by atoms with Crippen molar-refractivity contribution < 1.29 is 13.9 Å². The van der Waals surface area contributed by atoms with Crippen LogP contribution in [0.2, 0.25) is 5.02 Å². The van der Waals surface area contributed by atoms with E-state index in [2.05, 4.69) is 0 Å². The molecular weight excluding hydrogens is 291 g/mol. The van der Waals surface area contributed by atoms with Crippen molar-refractivity contribution in [3.05, 3.63) is 63.9 Å². The number of fused-ring (bicyclic) bond motifs is 1. The lowest BCUT2D eigenvalue weighted by molar-refractivity contribution is 0.103. The van der Waals surface area contributed by atoms with Gasteiger partial charge in [-0.05, 0) is 55.8 Å². The standard InChI is InChI=1S/C17H14ClFO2/c1-17(2)9-11-7-10(3-6-15(11)21-17)16(20)13-8-12(18)4-5-14(13)19/h3-8H,9H2,1-2H3. The summed E-state index contributed by atoms with van der Waals surface area (Å²) < 4.78 is 19.6. The Morgan fingerprint density at radius 2 is 2.00 bits per heavy atom. The van der Waals surface area contributed by atoms with Crippen molar-refractivity contribution in [3.8, 4) is 5.75 Å². The minimum absolute atomic E-state index is 0.0133. The minimum atomic E-state index is -0.568. The maximum atomic E-state index is 13.8. The fourth-order valence-electron chi connectivity index (χ4n) is 2.58. The number of hydrogen-bond donors (Lipinski definition) is 0. The topological polar surface area (TPSA) is 26.3 Å². The van der Waals surface area contributed by atoms with Crippen molar-refractivity contribution in [2.75, 3.05) is 0 Å². The average Bonchev–Trinajstić information content (AvgIpc) is 2.73. The summed E-state index contributed by atoms with van der Waals surface area (Å²) >= 11 is 5.84. The average molecular weight is 305 g/mol. The fraction of sp³-hybridized carbons (Fsp3) is 0.235. The second-order valence-electron chi connectivity index (χ2n) is 5.81. The van der Waals surface area contributed by atoms with E-state index in [0.717, 1.165) is 17.7 Å². The van der Waals surface area contributed by atoms with Gasteiger partial charge in [0.15, 0.2) is 5.78 Å².